The van der Waals surface area contributed by atoms with Gasteiger partial charge in [-0.25, -0.2) is 0 Å². The molecule has 0 aliphatic carbocycles. The average molecular weight is 294 g/mol. The highest BCUT2D eigenvalue weighted by atomic mass is 35.5. The van der Waals surface area contributed by atoms with Gasteiger partial charge in [0.25, 0.3) is 0 Å². The van der Waals surface area contributed by atoms with Crippen molar-refractivity contribution in [2.24, 2.45) is 5.92 Å². The summed E-state index contributed by atoms with van der Waals surface area (Å²) in [6.45, 7) is 3.92. The Bertz CT molecular complexity index is 548. The number of halogens is 1. The van der Waals surface area contributed by atoms with Crippen LogP contribution in [0.5, 0.6) is 5.75 Å². The van der Waals surface area contributed by atoms with Gasteiger partial charge in [-0.1, -0.05) is 11.6 Å². The lowest BCUT2D eigenvalue weighted by Crippen LogP contribution is -2.47. The second-order valence-corrected chi connectivity index (χ2v) is 6.90. The van der Waals surface area contributed by atoms with Gasteiger partial charge in [0.2, 0.25) is 0 Å². The van der Waals surface area contributed by atoms with Crippen molar-refractivity contribution >= 4 is 11.6 Å². The molecule has 3 aliphatic rings. The van der Waals surface area contributed by atoms with Gasteiger partial charge < -0.3 is 14.7 Å². The molecule has 3 nitrogen and oxygen atoms in total. The van der Waals surface area contributed by atoms with Crippen molar-refractivity contribution in [3.8, 4) is 5.75 Å². The quantitative estimate of drug-likeness (QED) is 0.908. The van der Waals surface area contributed by atoms with Gasteiger partial charge >= 0.3 is 0 Å². The van der Waals surface area contributed by atoms with Crippen molar-refractivity contribution < 1.29 is 9.84 Å². The van der Waals surface area contributed by atoms with Gasteiger partial charge in [0, 0.05) is 36.9 Å². The van der Waals surface area contributed by atoms with Crippen molar-refractivity contribution in [2.75, 3.05) is 26.2 Å². The summed E-state index contributed by atoms with van der Waals surface area (Å²) in [5.41, 5.74) is 1.70. The molecule has 0 aromatic heterocycles. The van der Waals surface area contributed by atoms with E-state index in [4.69, 9.17) is 16.3 Å². The van der Waals surface area contributed by atoms with Crippen LogP contribution in [0, 0.1) is 5.92 Å². The molecule has 4 heteroatoms. The molecule has 108 valence electrons. The number of aliphatic hydroxyl groups is 1. The Hall–Kier alpha value is -0.770. The number of fused-ring (bicyclic) bond motifs is 3. The van der Waals surface area contributed by atoms with E-state index in [-0.39, 0.29) is 0 Å². The fourth-order valence-corrected chi connectivity index (χ4v) is 4.33. The molecule has 1 aromatic carbocycles. The zero-order valence-corrected chi connectivity index (χ0v) is 12.3. The molecule has 2 fully saturated rings. The predicted octanol–water partition coefficient (Wildman–Crippen LogP) is 2.27. The maximum atomic E-state index is 11.1. The molecule has 0 radical (unpaired) electrons. The predicted molar refractivity (Wildman–Crippen MR) is 78.5 cm³/mol. The van der Waals surface area contributed by atoms with Crippen LogP contribution >= 0.6 is 11.6 Å². The molecule has 2 bridgehead atoms. The van der Waals surface area contributed by atoms with E-state index in [1.54, 1.807) is 0 Å². The monoisotopic (exact) mass is 293 g/mol. The maximum absolute atomic E-state index is 11.1. The number of piperidine rings is 1. The van der Waals surface area contributed by atoms with Crippen molar-refractivity contribution in [1.82, 2.24) is 4.90 Å². The fraction of sp³-hybridized carbons (Fsp3) is 0.625. The molecule has 1 aromatic rings. The Kier molecular flexibility index (Phi) is 2.99. The van der Waals surface area contributed by atoms with E-state index in [2.05, 4.69) is 4.90 Å². The number of hydrogen-bond donors (Lipinski definition) is 1. The second-order valence-electron chi connectivity index (χ2n) is 6.47. The highest BCUT2D eigenvalue weighted by molar-refractivity contribution is 6.30. The van der Waals surface area contributed by atoms with Gasteiger partial charge in [0.1, 0.15) is 5.75 Å². The minimum Gasteiger partial charge on any atom is -0.493 e. The number of nitrogens with zero attached hydrogens (tertiary/aromatic N) is 1. The topological polar surface area (TPSA) is 32.7 Å². The van der Waals surface area contributed by atoms with Crippen LogP contribution in [0.4, 0.5) is 0 Å². The molecular formula is C16H20ClNO2. The highest BCUT2D eigenvalue weighted by Gasteiger charge is 2.45. The highest BCUT2D eigenvalue weighted by Crippen LogP contribution is 2.41. The summed E-state index contributed by atoms with van der Waals surface area (Å²) in [6, 6.07) is 3.97. The summed E-state index contributed by atoms with van der Waals surface area (Å²) in [5, 5.41) is 11.9. The summed E-state index contributed by atoms with van der Waals surface area (Å²) >= 11 is 6.22. The summed E-state index contributed by atoms with van der Waals surface area (Å²) in [5.74, 6) is 1.37. The normalized spacial score (nSPS) is 34.9. The molecule has 1 N–H and O–H groups in total. The Morgan fingerprint density at radius 1 is 1.40 bits per heavy atom. The average Bonchev–Trinajstić information content (AvgIpc) is 3.02. The Morgan fingerprint density at radius 3 is 3.20 bits per heavy atom. The third-order valence-corrected chi connectivity index (χ3v) is 5.43. The zero-order chi connectivity index (χ0) is 13.7. The van der Waals surface area contributed by atoms with Crippen LogP contribution in [-0.4, -0.2) is 41.8 Å². The smallest absolute Gasteiger partial charge is 0.126 e. The van der Waals surface area contributed by atoms with Crippen molar-refractivity contribution in [3.05, 3.63) is 28.3 Å². The van der Waals surface area contributed by atoms with Crippen molar-refractivity contribution in [3.63, 3.8) is 0 Å². The maximum Gasteiger partial charge on any atom is 0.126 e. The Labute approximate surface area is 124 Å². The lowest BCUT2D eigenvalue weighted by Gasteiger charge is -2.39. The fourth-order valence-electron chi connectivity index (χ4n) is 4.07. The van der Waals surface area contributed by atoms with Crippen LogP contribution < -0.4 is 4.74 Å². The van der Waals surface area contributed by atoms with E-state index in [0.29, 0.717) is 12.3 Å². The largest absolute Gasteiger partial charge is 0.493 e. The molecule has 3 atom stereocenters. The lowest BCUT2D eigenvalue weighted by molar-refractivity contribution is -0.0442. The summed E-state index contributed by atoms with van der Waals surface area (Å²) < 4.78 is 5.77. The molecule has 2 saturated heterocycles. The second kappa shape index (κ2) is 4.62. The van der Waals surface area contributed by atoms with E-state index in [9.17, 15) is 5.11 Å². The SMILES string of the molecule is OC1(Cc2cc(Cl)cc3c2OCC3)CCN2CCC1C2. The van der Waals surface area contributed by atoms with Crippen molar-refractivity contribution in [1.29, 1.82) is 0 Å². The number of hydrogen-bond acceptors (Lipinski definition) is 3. The van der Waals surface area contributed by atoms with E-state index >= 15 is 0 Å². The van der Waals surface area contributed by atoms with Gasteiger partial charge in [0.15, 0.2) is 0 Å². The van der Waals surface area contributed by atoms with Gasteiger partial charge in [-0.15, -0.1) is 0 Å². The van der Waals surface area contributed by atoms with Crippen LogP contribution in [0.1, 0.15) is 24.0 Å². The third-order valence-electron chi connectivity index (χ3n) is 5.22. The molecule has 3 heterocycles. The van der Waals surface area contributed by atoms with E-state index in [1.807, 2.05) is 12.1 Å². The Morgan fingerprint density at radius 2 is 2.30 bits per heavy atom. The van der Waals surface area contributed by atoms with E-state index < -0.39 is 5.60 Å². The zero-order valence-electron chi connectivity index (χ0n) is 11.6. The number of benzene rings is 1. The van der Waals surface area contributed by atoms with Crippen LogP contribution in [0.3, 0.4) is 0 Å². The van der Waals surface area contributed by atoms with Crippen molar-refractivity contribution in [2.45, 2.75) is 31.3 Å². The summed E-state index contributed by atoms with van der Waals surface area (Å²) in [4.78, 5) is 2.46. The summed E-state index contributed by atoms with van der Waals surface area (Å²) in [6.07, 6.45) is 3.58. The first kappa shape index (κ1) is 12.9. The van der Waals surface area contributed by atoms with Crippen LogP contribution in [-0.2, 0) is 12.8 Å². The molecule has 3 aliphatic heterocycles. The minimum absolute atomic E-state index is 0.396. The first-order valence-electron chi connectivity index (χ1n) is 7.53. The van der Waals surface area contributed by atoms with Gasteiger partial charge in [-0.3, -0.25) is 0 Å². The molecule has 0 amide bonds. The van der Waals surface area contributed by atoms with Gasteiger partial charge in [-0.05, 0) is 42.6 Å². The number of rotatable bonds is 2. The Balaban J connectivity index is 1.66. The van der Waals surface area contributed by atoms with Crippen LogP contribution in [0.25, 0.3) is 0 Å². The van der Waals surface area contributed by atoms with Crippen LogP contribution in [0.15, 0.2) is 12.1 Å². The molecule has 0 saturated carbocycles. The first-order valence-corrected chi connectivity index (χ1v) is 7.91. The molecule has 4 rings (SSSR count). The molecular weight excluding hydrogens is 274 g/mol. The standard InChI is InChI=1S/C16H20ClNO2/c17-14-7-11-2-6-20-15(11)12(8-14)9-16(19)3-5-18-4-1-13(16)10-18/h7-8,13,19H,1-6,9-10H2. The summed E-state index contributed by atoms with van der Waals surface area (Å²) in [7, 11) is 0. The first-order chi connectivity index (χ1) is 9.64. The molecule has 3 unspecified atom stereocenters. The van der Waals surface area contributed by atoms with E-state index in [0.717, 1.165) is 61.8 Å². The van der Waals surface area contributed by atoms with Gasteiger partial charge in [0.05, 0.1) is 12.2 Å². The molecule has 0 spiro atoms. The number of ether oxygens (including phenoxy) is 1. The third kappa shape index (κ3) is 2.03. The van der Waals surface area contributed by atoms with E-state index in [1.165, 1.54) is 5.56 Å². The minimum atomic E-state index is -0.586. The van der Waals surface area contributed by atoms with Crippen LogP contribution in [0.2, 0.25) is 5.02 Å². The van der Waals surface area contributed by atoms with Gasteiger partial charge in [-0.2, -0.15) is 0 Å². The molecule has 20 heavy (non-hydrogen) atoms. The lowest BCUT2D eigenvalue weighted by atomic mass is 9.77.